The van der Waals surface area contributed by atoms with Crippen LogP contribution in [0.15, 0.2) is 0 Å². The molecule has 4 atom stereocenters. The first-order valence-electron chi connectivity index (χ1n) is 11.0. The lowest BCUT2D eigenvalue weighted by Crippen LogP contribution is -2.64. The molecule has 3 saturated carbocycles. The maximum absolute atomic E-state index is 13.6. The number of carbonyl (C=O) groups excluding carboxylic acids is 2. The van der Waals surface area contributed by atoms with Crippen LogP contribution in [0.1, 0.15) is 58.3 Å². The first-order valence-corrected chi connectivity index (χ1v) is 12.6. The molecule has 0 aromatic carbocycles. The third-order valence-corrected chi connectivity index (χ3v) is 8.27. The molecule has 7 nitrogen and oxygen atoms in total. The van der Waals surface area contributed by atoms with E-state index >= 15 is 0 Å². The molecule has 0 N–H and O–H groups in total. The summed E-state index contributed by atoms with van der Waals surface area (Å²) in [6.07, 6.45) is -8.85. The molecule has 3 rings (SSSR count). The highest BCUT2D eigenvalue weighted by molar-refractivity contribution is 7.85. The third-order valence-electron chi connectivity index (χ3n) is 7.51. The second-order valence-electron chi connectivity index (χ2n) is 9.50. The second kappa shape index (κ2) is 8.82. The number of carbonyl (C=O) groups is 2. The average Bonchev–Trinajstić information content (AvgIpc) is 3.40. The molecule has 0 aliphatic heterocycles. The van der Waals surface area contributed by atoms with Gasteiger partial charge in [-0.15, -0.1) is 0 Å². The zero-order chi connectivity index (χ0) is 25.7. The van der Waals surface area contributed by atoms with E-state index in [2.05, 4.69) is 4.74 Å². The van der Waals surface area contributed by atoms with Crippen molar-refractivity contribution in [2.24, 2.45) is 23.7 Å². The van der Waals surface area contributed by atoms with Gasteiger partial charge in [-0.3, -0.25) is 9.59 Å². The van der Waals surface area contributed by atoms with Gasteiger partial charge in [-0.25, -0.2) is 8.42 Å². The lowest BCUT2D eigenvalue weighted by Gasteiger charge is -2.39. The van der Waals surface area contributed by atoms with Crippen LogP contribution in [0, 0.1) is 23.7 Å². The van der Waals surface area contributed by atoms with Gasteiger partial charge in [0.25, 0.3) is 0 Å². The Bertz CT molecular complexity index is 893. The molecule has 0 aromatic rings. The zero-order valence-electron chi connectivity index (χ0n) is 18.2. The van der Waals surface area contributed by atoms with E-state index in [-0.39, 0.29) is 12.8 Å². The summed E-state index contributed by atoms with van der Waals surface area (Å²) in [5.74, 6) is -10.1. The van der Waals surface area contributed by atoms with Crippen LogP contribution in [0.3, 0.4) is 0 Å². The van der Waals surface area contributed by atoms with E-state index in [1.807, 2.05) is 0 Å². The standard InChI is InChI=1S/C20H26F6O7S/c1-2-17(7-3-4-8-17)32-15(27)13-11-5-6-12(9-11)14(13)16(28)33-18(19(21,22)23,20(24,25)26)10-34(29,30)31/h11-14H,2-10H2,1H3,(H,29,30,31)/p-1. The molecule has 0 radical (unpaired) electrons. The third kappa shape index (κ3) is 4.89. The van der Waals surface area contributed by atoms with E-state index < -0.39 is 75.0 Å². The molecule has 14 heteroatoms. The molecule has 0 saturated heterocycles. The summed E-state index contributed by atoms with van der Waals surface area (Å²) in [5, 5.41) is 0. The first kappa shape index (κ1) is 27.0. The summed E-state index contributed by atoms with van der Waals surface area (Å²) in [7, 11) is -6.14. The van der Waals surface area contributed by atoms with Gasteiger partial charge in [0, 0.05) is 0 Å². The Hall–Kier alpha value is -1.57. The molecule has 0 aromatic heterocycles. The number of hydrogen-bond acceptors (Lipinski definition) is 7. The van der Waals surface area contributed by atoms with Crippen molar-refractivity contribution in [3.63, 3.8) is 0 Å². The number of rotatable bonds is 7. The summed E-state index contributed by atoms with van der Waals surface area (Å²) in [5.41, 5.74) is -6.35. The fourth-order valence-corrected chi connectivity index (χ4v) is 6.64. The van der Waals surface area contributed by atoms with E-state index in [0.29, 0.717) is 25.7 Å². The van der Waals surface area contributed by atoms with Crippen molar-refractivity contribution in [1.29, 1.82) is 0 Å². The van der Waals surface area contributed by atoms with Gasteiger partial charge in [-0.2, -0.15) is 26.3 Å². The van der Waals surface area contributed by atoms with Crippen LogP contribution in [0.4, 0.5) is 26.3 Å². The Kier molecular flexibility index (Phi) is 7.01. The molecule has 3 fully saturated rings. The molecule has 3 aliphatic carbocycles. The summed E-state index contributed by atoms with van der Waals surface area (Å²) in [6.45, 7) is 1.79. The summed E-state index contributed by atoms with van der Waals surface area (Å²) in [6, 6.07) is 0. The molecule has 2 bridgehead atoms. The molecule has 3 aliphatic rings. The van der Waals surface area contributed by atoms with Crippen molar-refractivity contribution in [2.45, 2.75) is 81.8 Å². The molecular formula is C20H25F6O7S-. The number of esters is 2. The first-order chi connectivity index (χ1) is 15.5. The number of alkyl halides is 6. The van der Waals surface area contributed by atoms with E-state index in [1.165, 1.54) is 0 Å². The van der Waals surface area contributed by atoms with Gasteiger partial charge in [0.2, 0.25) is 0 Å². The largest absolute Gasteiger partial charge is 0.748 e. The maximum Gasteiger partial charge on any atom is 0.438 e. The van der Waals surface area contributed by atoms with Gasteiger partial charge in [-0.1, -0.05) is 6.92 Å². The van der Waals surface area contributed by atoms with Crippen molar-refractivity contribution in [2.75, 3.05) is 5.75 Å². The summed E-state index contributed by atoms with van der Waals surface area (Å²) < 4.78 is 124. The minimum absolute atomic E-state index is 0.212. The van der Waals surface area contributed by atoms with Gasteiger partial charge in [-0.05, 0) is 63.2 Å². The molecule has 34 heavy (non-hydrogen) atoms. The van der Waals surface area contributed by atoms with Gasteiger partial charge in [0.15, 0.2) is 0 Å². The van der Waals surface area contributed by atoms with Crippen LogP contribution in [0.25, 0.3) is 0 Å². The lowest BCUT2D eigenvalue weighted by molar-refractivity contribution is -0.362. The normalized spacial score (nSPS) is 29.3. The topological polar surface area (TPSA) is 110 Å². The van der Waals surface area contributed by atoms with E-state index in [4.69, 9.17) is 4.74 Å². The Balaban J connectivity index is 1.93. The quantitative estimate of drug-likeness (QED) is 0.283. The monoisotopic (exact) mass is 523 g/mol. The number of halogens is 6. The van der Waals surface area contributed by atoms with Crippen LogP contribution in [0.2, 0.25) is 0 Å². The predicted molar refractivity (Wildman–Crippen MR) is 101 cm³/mol. The van der Waals surface area contributed by atoms with Crippen LogP contribution in [0.5, 0.6) is 0 Å². The molecule has 0 spiro atoms. The SMILES string of the molecule is CCC1(OC(=O)C2C3CCC(C3)C2C(=O)OC(CS(=O)(=O)[O-])(C(F)(F)F)C(F)(F)F)CCCC1. The average molecular weight is 523 g/mol. The van der Waals surface area contributed by atoms with Crippen molar-refractivity contribution >= 4 is 22.1 Å². The van der Waals surface area contributed by atoms with Gasteiger partial charge in [0.05, 0.1) is 27.7 Å². The Morgan fingerprint density at radius 2 is 1.41 bits per heavy atom. The summed E-state index contributed by atoms with van der Waals surface area (Å²) in [4.78, 5) is 25.8. The smallest absolute Gasteiger partial charge is 0.438 e. The van der Waals surface area contributed by atoms with Crippen molar-refractivity contribution in [1.82, 2.24) is 0 Å². The number of fused-ring (bicyclic) bond motifs is 2. The molecule has 4 unspecified atom stereocenters. The van der Waals surface area contributed by atoms with Crippen molar-refractivity contribution < 1.29 is 58.4 Å². The van der Waals surface area contributed by atoms with E-state index in [0.717, 1.165) is 12.8 Å². The van der Waals surface area contributed by atoms with Crippen molar-refractivity contribution in [3.05, 3.63) is 0 Å². The minimum Gasteiger partial charge on any atom is -0.748 e. The van der Waals surface area contributed by atoms with Crippen LogP contribution in [-0.2, 0) is 29.2 Å². The molecule has 0 amide bonds. The highest BCUT2D eigenvalue weighted by Crippen LogP contribution is 2.55. The van der Waals surface area contributed by atoms with Gasteiger partial charge >= 0.3 is 29.9 Å². The number of ether oxygens (including phenoxy) is 2. The molecular weight excluding hydrogens is 498 g/mol. The second-order valence-corrected chi connectivity index (χ2v) is 10.9. The summed E-state index contributed by atoms with van der Waals surface area (Å²) >= 11 is 0. The van der Waals surface area contributed by atoms with E-state index in [1.54, 1.807) is 6.92 Å². The molecule has 196 valence electrons. The van der Waals surface area contributed by atoms with Crippen LogP contribution >= 0.6 is 0 Å². The highest BCUT2D eigenvalue weighted by atomic mass is 32.2. The van der Waals surface area contributed by atoms with Crippen molar-refractivity contribution in [3.8, 4) is 0 Å². The van der Waals surface area contributed by atoms with Gasteiger partial charge < -0.3 is 14.0 Å². The van der Waals surface area contributed by atoms with Crippen LogP contribution < -0.4 is 0 Å². The molecule has 0 heterocycles. The predicted octanol–water partition coefficient (Wildman–Crippen LogP) is 3.87. The Labute approximate surface area is 192 Å². The Morgan fingerprint density at radius 1 is 0.941 bits per heavy atom. The lowest BCUT2D eigenvalue weighted by atomic mass is 9.79. The minimum atomic E-state index is -6.46. The highest BCUT2D eigenvalue weighted by Gasteiger charge is 2.75. The van der Waals surface area contributed by atoms with E-state index in [9.17, 15) is 48.9 Å². The fraction of sp³-hybridized carbons (Fsp3) is 0.900. The number of hydrogen-bond donors (Lipinski definition) is 0. The van der Waals surface area contributed by atoms with Crippen LogP contribution in [-0.4, -0.2) is 54.2 Å². The Morgan fingerprint density at radius 3 is 1.82 bits per heavy atom. The van der Waals surface area contributed by atoms with Gasteiger partial charge in [0.1, 0.15) is 5.60 Å². The zero-order valence-corrected chi connectivity index (χ0v) is 19.0. The fourth-order valence-electron chi connectivity index (χ4n) is 5.76. The maximum atomic E-state index is 13.6.